The lowest BCUT2D eigenvalue weighted by molar-refractivity contribution is 0.0995. The summed E-state index contributed by atoms with van der Waals surface area (Å²) in [6, 6.07) is 7.41. The molecule has 2 aromatic rings. The minimum Gasteiger partial charge on any atom is -0.488 e. The van der Waals surface area contributed by atoms with Crippen LogP contribution < -0.4 is 15.2 Å². The predicted molar refractivity (Wildman–Crippen MR) is 61.3 cm³/mol. The summed E-state index contributed by atoms with van der Waals surface area (Å²) < 4.78 is 10.9. The number of fused-ring (bicyclic) bond motifs is 4. The number of ether oxygens (including phenoxy) is 2. The third-order valence-electron chi connectivity index (χ3n) is 2.63. The number of aromatic nitrogens is 1. The molecule has 5 heteroatoms. The van der Waals surface area contributed by atoms with Crippen LogP contribution in [0.15, 0.2) is 24.3 Å². The number of nitrogens with two attached hydrogens (primary N) is 1. The fourth-order valence-electron chi connectivity index (χ4n) is 1.91. The van der Waals surface area contributed by atoms with Crippen molar-refractivity contribution < 1.29 is 14.3 Å². The number of carbonyl (C=O) groups excluding carboxylic acids is 1. The zero-order valence-electron chi connectivity index (χ0n) is 8.97. The molecule has 0 atom stereocenters. The van der Waals surface area contributed by atoms with E-state index in [1.807, 2.05) is 24.3 Å². The summed E-state index contributed by atoms with van der Waals surface area (Å²) in [6.45, 7) is 0.729. The number of benzene rings is 1. The molecule has 2 N–H and O–H groups in total. The molecule has 1 amide bonds. The molecule has 1 aromatic carbocycles. The van der Waals surface area contributed by atoms with E-state index >= 15 is 0 Å². The SMILES string of the molecule is NC(=O)c1c2nc3ccccc3c1OCCO2. The number of carbonyl (C=O) groups is 1. The molecule has 1 aliphatic rings. The van der Waals surface area contributed by atoms with Crippen molar-refractivity contribution in [2.24, 2.45) is 5.73 Å². The summed E-state index contributed by atoms with van der Waals surface area (Å²) in [5.41, 5.74) is 6.30. The Morgan fingerprint density at radius 3 is 2.82 bits per heavy atom. The van der Waals surface area contributed by atoms with Crippen LogP contribution in [-0.2, 0) is 0 Å². The fourth-order valence-corrected chi connectivity index (χ4v) is 1.91. The van der Waals surface area contributed by atoms with Crippen LogP contribution in [0.3, 0.4) is 0 Å². The smallest absolute Gasteiger partial charge is 0.258 e. The third kappa shape index (κ3) is 1.47. The van der Waals surface area contributed by atoms with Crippen molar-refractivity contribution in [2.75, 3.05) is 13.2 Å². The van der Waals surface area contributed by atoms with Crippen molar-refractivity contribution in [3.05, 3.63) is 29.8 Å². The van der Waals surface area contributed by atoms with Gasteiger partial charge in [-0.15, -0.1) is 0 Å². The van der Waals surface area contributed by atoms with Crippen molar-refractivity contribution in [3.63, 3.8) is 0 Å². The molecule has 5 nitrogen and oxygen atoms in total. The molecule has 17 heavy (non-hydrogen) atoms. The second kappa shape index (κ2) is 3.62. The summed E-state index contributed by atoms with van der Waals surface area (Å²) in [7, 11) is 0. The average Bonchev–Trinajstić information content (AvgIpc) is 2.48. The summed E-state index contributed by atoms with van der Waals surface area (Å²) in [6.07, 6.45) is 0. The minimum absolute atomic E-state index is 0.223. The van der Waals surface area contributed by atoms with E-state index in [0.717, 1.165) is 10.9 Å². The molecule has 1 aliphatic heterocycles. The Morgan fingerprint density at radius 1 is 1.24 bits per heavy atom. The van der Waals surface area contributed by atoms with Crippen molar-refractivity contribution in [1.29, 1.82) is 0 Å². The van der Waals surface area contributed by atoms with E-state index in [1.165, 1.54) is 0 Å². The number of rotatable bonds is 1. The number of hydrogen-bond acceptors (Lipinski definition) is 4. The maximum atomic E-state index is 11.5. The third-order valence-corrected chi connectivity index (χ3v) is 2.63. The van der Waals surface area contributed by atoms with Gasteiger partial charge in [0.2, 0.25) is 5.88 Å². The minimum atomic E-state index is -0.588. The first-order valence-corrected chi connectivity index (χ1v) is 5.25. The van der Waals surface area contributed by atoms with E-state index in [2.05, 4.69) is 4.98 Å². The lowest BCUT2D eigenvalue weighted by Crippen LogP contribution is -2.14. The lowest BCUT2D eigenvalue weighted by atomic mass is 10.1. The number of nitrogens with zero attached hydrogens (tertiary/aromatic N) is 1. The van der Waals surface area contributed by atoms with Gasteiger partial charge in [-0.1, -0.05) is 12.1 Å². The molecule has 3 rings (SSSR count). The van der Waals surface area contributed by atoms with Crippen LogP contribution in [0.2, 0.25) is 0 Å². The van der Waals surface area contributed by atoms with Gasteiger partial charge in [-0.2, -0.15) is 0 Å². The topological polar surface area (TPSA) is 74.4 Å². The molecule has 0 saturated heterocycles. The van der Waals surface area contributed by atoms with Crippen LogP contribution in [-0.4, -0.2) is 24.1 Å². The van der Waals surface area contributed by atoms with E-state index in [-0.39, 0.29) is 11.4 Å². The number of pyridine rings is 1. The Morgan fingerprint density at radius 2 is 2.00 bits per heavy atom. The molecule has 0 fully saturated rings. The Hall–Kier alpha value is -2.30. The van der Waals surface area contributed by atoms with E-state index in [1.54, 1.807) is 0 Å². The highest BCUT2D eigenvalue weighted by molar-refractivity contribution is 6.04. The first-order chi connectivity index (χ1) is 8.27. The summed E-state index contributed by atoms with van der Waals surface area (Å²) in [5, 5.41) is 0.774. The van der Waals surface area contributed by atoms with Gasteiger partial charge < -0.3 is 15.2 Å². The Labute approximate surface area is 97.2 Å². The first kappa shape index (κ1) is 9.89. The van der Waals surface area contributed by atoms with Crippen LogP contribution in [0.1, 0.15) is 10.4 Å². The van der Waals surface area contributed by atoms with Gasteiger partial charge in [-0.25, -0.2) is 4.98 Å². The van der Waals surface area contributed by atoms with E-state index in [0.29, 0.717) is 19.0 Å². The molecule has 0 spiro atoms. The van der Waals surface area contributed by atoms with Gasteiger partial charge in [0.1, 0.15) is 24.5 Å². The molecule has 0 radical (unpaired) electrons. The first-order valence-electron chi connectivity index (χ1n) is 5.25. The zero-order chi connectivity index (χ0) is 11.8. The largest absolute Gasteiger partial charge is 0.488 e. The standard InChI is InChI=1S/C12H10N2O3/c13-11(15)9-10-7-3-1-2-4-8(7)14-12(9)17-6-5-16-10/h1-4H,5-6H2,(H2,13,15). The molecule has 0 unspecified atom stereocenters. The predicted octanol–water partition coefficient (Wildman–Crippen LogP) is 1.10. The highest BCUT2D eigenvalue weighted by Gasteiger charge is 2.24. The molecule has 2 heterocycles. The number of para-hydroxylation sites is 1. The molecule has 86 valence electrons. The van der Waals surface area contributed by atoms with Crippen LogP contribution in [0.4, 0.5) is 0 Å². The normalized spacial score (nSPS) is 13.6. The average molecular weight is 230 g/mol. The number of primary amides is 1. The number of hydrogen-bond donors (Lipinski definition) is 1. The van der Waals surface area contributed by atoms with Gasteiger partial charge in [0, 0.05) is 5.39 Å². The van der Waals surface area contributed by atoms with E-state index in [4.69, 9.17) is 15.2 Å². The van der Waals surface area contributed by atoms with Crippen molar-refractivity contribution in [2.45, 2.75) is 0 Å². The van der Waals surface area contributed by atoms with Crippen molar-refractivity contribution in [1.82, 2.24) is 4.98 Å². The zero-order valence-corrected chi connectivity index (χ0v) is 8.97. The Kier molecular flexibility index (Phi) is 2.11. The summed E-state index contributed by atoms with van der Waals surface area (Å²) >= 11 is 0. The molecule has 0 aliphatic carbocycles. The van der Waals surface area contributed by atoms with Crippen LogP contribution >= 0.6 is 0 Å². The second-order valence-corrected chi connectivity index (χ2v) is 3.70. The Balaban J connectivity index is 2.42. The molecular formula is C12H10N2O3. The van der Waals surface area contributed by atoms with E-state index < -0.39 is 5.91 Å². The second-order valence-electron chi connectivity index (χ2n) is 3.70. The highest BCUT2D eigenvalue weighted by atomic mass is 16.5. The van der Waals surface area contributed by atoms with Crippen LogP contribution in [0, 0.1) is 0 Å². The molecule has 1 aromatic heterocycles. The molecule has 2 bridgehead atoms. The summed E-state index contributed by atoms with van der Waals surface area (Å²) in [4.78, 5) is 15.7. The lowest BCUT2D eigenvalue weighted by Gasteiger charge is -2.09. The van der Waals surface area contributed by atoms with Crippen molar-refractivity contribution in [3.8, 4) is 11.6 Å². The van der Waals surface area contributed by atoms with Crippen LogP contribution in [0.5, 0.6) is 11.6 Å². The highest BCUT2D eigenvalue weighted by Crippen LogP contribution is 2.35. The van der Waals surface area contributed by atoms with Crippen molar-refractivity contribution >= 4 is 16.8 Å². The Bertz CT molecular complexity index is 610. The maximum absolute atomic E-state index is 11.5. The van der Waals surface area contributed by atoms with Gasteiger partial charge >= 0.3 is 0 Å². The van der Waals surface area contributed by atoms with Gasteiger partial charge in [0.05, 0.1) is 5.52 Å². The van der Waals surface area contributed by atoms with E-state index in [9.17, 15) is 4.79 Å². The fraction of sp³-hybridized carbons (Fsp3) is 0.167. The number of amides is 1. The van der Waals surface area contributed by atoms with Gasteiger partial charge in [0.15, 0.2) is 0 Å². The summed E-state index contributed by atoms with van der Waals surface area (Å²) in [5.74, 6) is 0.134. The van der Waals surface area contributed by atoms with Gasteiger partial charge in [-0.05, 0) is 12.1 Å². The maximum Gasteiger partial charge on any atom is 0.258 e. The van der Waals surface area contributed by atoms with Crippen LogP contribution in [0.25, 0.3) is 10.9 Å². The molecular weight excluding hydrogens is 220 g/mol. The van der Waals surface area contributed by atoms with Gasteiger partial charge in [-0.3, -0.25) is 4.79 Å². The monoisotopic (exact) mass is 230 g/mol. The molecule has 0 saturated carbocycles. The van der Waals surface area contributed by atoms with Gasteiger partial charge in [0.25, 0.3) is 5.91 Å². The quantitative estimate of drug-likeness (QED) is 0.796.